The second-order valence-electron chi connectivity index (χ2n) is 7.12. The third-order valence-electron chi connectivity index (χ3n) is 5.24. The molecule has 1 fully saturated rings. The van der Waals surface area contributed by atoms with Gasteiger partial charge in [-0.3, -0.25) is 9.89 Å². The second kappa shape index (κ2) is 8.46. The number of benzene rings is 1. The number of nitrogens with zero attached hydrogens (tertiary/aromatic N) is 5. The normalized spacial score (nSPS) is 14.9. The molecule has 0 aliphatic carbocycles. The first kappa shape index (κ1) is 19.2. The summed E-state index contributed by atoms with van der Waals surface area (Å²) in [5.41, 5.74) is 1.25. The smallest absolute Gasteiger partial charge is 0.278 e. The molecule has 4 rings (SSSR count). The van der Waals surface area contributed by atoms with Crippen molar-refractivity contribution in [1.82, 2.24) is 29.9 Å². The zero-order valence-corrected chi connectivity index (χ0v) is 16.8. The fourth-order valence-electron chi connectivity index (χ4n) is 3.62. The number of para-hydroxylation sites is 1. The summed E-state index contributed by atoms with van der Waals surface area (Å²) in [6.07, 6.45) is 4.31. The predicted octanol–water partition coefficient (Wildman–Crippen LogP) is 2.97. The molecular formula is C21H26N6O2. The molecule has 152 valence electrons. The van der Waals surface area contributed by atoms with E-state index < -0.39 is 0 Å². The van der Waals surface area contributed by atoms with Crippen LogP contribution in [0.3, 0.4) is 0 Å². The largest absolute Gasteiger partial charge is 0.490 e. The molecule has 1 aliphatic heterocycles. The molecule has 0 spiro atoms. The van der Waals surface area contributed by atoms with Crippen LogP contribution in [0.5, 0.6) is 5.75 Å². The van der Waals surface area contributed by atoms with Crippen molar-refractivity contribution in [2.75, 3.05) is 19.7 Å². The van der Waals surface area contributed by atoms with Crippen LogP contribution in [0.1, 0.15) is 54.7 Å². The number of H-pyrrole nitrogens is 1. The number of piperidine rings is 1. The molecule has 3 heterocycles. The lowest BCUT2D eigenvalue weighted by molar-refractivity contribution is 0.0700. The van der Waals surface area contributed by atoms with Crippen molar-refractivity contribution < 1.29 is 9.53 Å². The SMILES string of the molecule is CCOc1cn(-c2ccccc2)nc1C(=O)N1CCC(c2n[nH]c(CC)n2)CC1. The van der Waals surface area contributed by atoms with Gasteiger partial charge < -0.3 is 9.64 Å². The van der Waals surface area contributed by atoms with Crippen LogP contribution in [-0.4, -0.2) is 55.5 Å². The summed E-state index contributed by atoms with van der Waals surface area (Å²) in [6, 6.07) is 9.73. The first-order chi connectivity index (χ1) is 14.2. The number of nitrogens with one attached hydrogen (secondary N) is 1. The number of aromatic nitrogens is 5. The van der Waals surface area contributed by atoms with Crippen LogP contribution in [0.2, 0.25) is 0 Å². The van der Waals surface area contributed by atoms with E-state index in [-0.39, 0.29) is 11.8 Å². The van der Waals surface area contributed by atoms with Gasteiger partial charge in [0.15, 0.2) is 17.3 Å². The first-order valence-electron chi connectivity index (χ1n) is 10.2. The van der Waals surface area contributed by atoms with E-state index in [0.717, 1.165) is 36.6 Å². The number of rotatable bonds is 6. The fourth-order valence-corrected chi connectivity index (χ4v) is 3.62. The zero-order chi connectivity index (χ0) is 20.2. The van der Waals surface area contributed by atoms with Crippen molar-refractivity contribution in [2.24, 2.45) is 0 Å². The Bertz CT molecular complexity index is 957. The Morgan fingerprint density at radius 1 is 1.21 bits per heavy atom. The molecule has 3 aromatic rings. The number of aromatic amines is 1. The van der Waals surface area contributed by atoms with E-state index in [4.69, 9.17) is 4.74 Å². The highest BCUT2D eigenvalue weighted by Crippen LogP contribution is 2.28. The quantitative estimate of drug-likeness (QED) is 0.694. The van der Waals surface area contributed by atoms with Gasteiger partial charge >= 0.3 is 0 Å². The van der Waals surface area contributed by atoms with Crippen LogP contribution in [0.4, 0.5) is 0 Å². The monoisotopic (exact) mass is 394 g/mol. The number of carbonyl (C=O) groups excluding carboxylic acids is 1. The number of likely N-dealkylation sites (tertiary alicyclic amines) is 1. The molecule has 8 heteroatoms. The van der Waals surface area contributed by atoms with Crippen molar-refractivity contribution in [3.63, 3.8) is 0 Å². The molecule has 0 radical (unpaired) electrons. The van der Waals surface area contributed by atoms with Crippen molar-refractivity contribution in [3.05, 3.63) is 53.9 Å². The van der Waals surface area contributed by atoms with Gasteiger partial charge in [0.25, 0.3) is 5.91 Å². The molecule has 2 aromatic heterocycles. The Labute approximate surface area is 169 Å². The van der Waals surface area contributed by atoms with Gasteiger partial charge in [-0.25, -0.2) is 9.67 Å². The van der Waals surface area contributed by atoms with Crippen LogP contribution >= 0.6 is 0 Å². The van der Waals surface area contributed by atoms with Gasteiger partial charge in [-0.15, -0.1) is 0 Å². The number of ether oxygens (including phenoxy) is 1. The summed E-state index contributed by atoms with van der Waals surface area (Å²) in [4.78, 5) is 19.6. The van der Waals surface area contributed by atoms with Crippen molar-refractivity contribution in [3.8, 4) is 11.4 Å². The summed E-state index contributed by atoms with van der Waals surface area (Å²) in [6.45, 7) is 5.75. The molecule has 0 atom stereocenters. The molecule has 1 aliphatic rings. The van der Waals surface area contributed by atoms with Crippen molar-refractivity contribution in [2.45, 2.75) is 39.0 Å². The van der Waals surface area contributed by atoms with E-state index in [1.807, 2.05) is 42.2 Å². The molecule has 1 amide bonds. The van der Waals surface area contributed by atoms with E-state index in [1.165, 1.54) is 0 Å². The Morgan fingerprint density at radius 3 is 2.62 bits per heavy atom. The summed E-state index contributed by atoms with van der Waals surface area (Å²) in [5, 5.41) is 11.9. The van der Waals surface area contributed by atoms with Gasteiger partial charge in [-0.05, 0) is 31.9 Å². The number of aryl methyl sites for hydroxylation is 1. The third kappa shape index (κ3) is 4.01. The third-order valence-corrected chi connectivity index (χ3v) is 5.24. The minimum absolute atomic E-state index is 0.0918. The van der Waals surface area contributed by atoms with E-state index in [0.29, 0.717) is 31.1 Å². The Morgan fingerprint density at radius 2 is 1.97 bits per heavy atom. The van der Waals surface area contributed by atoms with Crippen LogP contribution < -0.4 is 4.74 Å². The summed E-state index contributed by atoms with van der Waals surface area (Å²) in [7, 11) is 0. The number of carbonyl (C=O) groups is 1. The van der Waals surface area contributed by atoms with Crippen LogP contribution in [0.15, 0.2) is 36.5 Å². The molecule has 29 heavy (non-hydrogen) atoms. The molecule has 1 N–H and O–H groups in total. The Hall–Kier alpha value is -3.16. The highest BCUT2D eigenvalue weighted by Gasteiger charge is 2.30. The van der Waals surface area contributed by atoms with Crippen molar-refractivity contribution >= 4 is 5.91 Å². The predicted molar refractivity (Wildman–Crippen MR) is 108 cm³/mol. The Balaban J connectivity index is 1.48. The zero-order valence-electron chi connectivity index (χ0n) is 16.8. The van der Waals surface area contributed by atoms with Crippen LogP contribution in [0, 0.1) is 0 Å². The average molecular weight is 394 g/mol. The van der Waals surface area contributed by atoms with E-state index in [1.54, 1.807) is 10.9 Å². The molecule has 1 aromatic carbocycles. The summed E-state index contributed by atoms with van der Waals surface area (Å²) < 4.78 is 7.40. The first-order valence-corrected chi connectivity index (χ1v) is 10.2. The van der Waals surface area contributed by atoms with Gasteiger partial charge in [-0.2, -0.15) is 10.2 Å². The van der Waals surface area contributed by atoms with E-state index >= 15 is 0 Å². The van der Waals surface area contributed by atoms with Gasteiger partial charge in [0.2, 0.25) is 0 Å². The molecule has 0 unspecified atom stereocenters. The van der Waals surface area contributed by atoms with Gasteiger partial charge in [0, 0.05) is 25.4 Å². The fraction of sp³-hybridized carbons (Fsp3) is 0.429. The van der Waals surface area contributed by atoms with Crippen molar-refractivity contribution in [1.29, 1.82) is 0 Å². The molecule has 0 saturated carbocycles. The topological polar surface area (TPSA) is 88.9 Å². The maximum Gasteiger partial charge on any atom is 0.278 e. The number of hydrogen-bond donors (Lipinski definition) is 1. The standard InChI is InChI=1S/C21H26N6O2/c1-3-18-22-20(24-23-18)15-10-12-26(13-11-15)21(28)19-17(29-4-2)14-27(25-19)16-8-6-5-7-9-16/h5-9,14-15H,3-4,10-13H2,1-2H3,(H,22,23,24). The molecular weight excluding hydrogens is 368 g/mol. The van der Waals surface area contributed by atoms with Gasteiger partial charge in [0.05, 0.1) is 18.5 Å². The Kier molecular flexibility index (Phi) is 5.59. The minimum atomic E-state index is -0.0918. The number of amides is 1. The highest BCUT2D eigenvalue weighted by molar-refractivity contribution is 5.95. The summed E-state index contributed by atoms with van der Waals surface area (Å²) in [5.74, 6) is 2.48. The molecule has 8 nitrogen and oxygen atoms in total. The van der Waals surface area contributed by atoms with Gasteiger partial charge in [-0.1, -0.05) is 25.1 Å². The second-order valence-corrected chi connectivity index (χ2v) is 7.12. The van der Waals surface area contributed by atoms with E-state index in [9.17, 15) is 4.79 Å². The average Bonchev–Trinajstić information content (AvgIpc) is 3.42. The molecule has 1 saturated heterocycles. The van der Waals surface area contributed by atoms with Crippen LogP contribution in [0.25, 0.3) is 5.69 Å². The molecule has 0 bridgehead atoms. The number of hydrogen-bond acceptors (Lipinski definition) is 5. The van der Waals surface area contributed by atoms with Gasteiger partial charge in [0.1, 0.15) is 5.82 Å². The lowest BCUT2D eigenvalue weighted by Gasteiger charge is -2.30. The lowest BCUT2D eigenvalue weighted by Crippen LogP contribution is -2.38. The van der Waals surface area contributed by atoms with E-state index in [2.05, 4.69) is 27.2 Å². The minimum Gasteiger partial charge on any atom is -0.490 e. The maximum atomic E-state index is 13.2. The maximum absolute atomic E-state index is 13.2. The summed E-state index contributed by atoms with van der Waals surface area (Å²) >= 11 is 0. The van der Waals surface area contributed by atoms with Crippen LogP contribution in [-0.2, 0) is 6.42 Å². The highest BCUT2D eigenvalue weighted by atomic mass is 16.5. The lowest BCUT2D eigenvalue weighted by atomic mass is 9.96.